The molecule has 0 saturated heterocycles. The Hall–Kier alpha value is -2.32. The molecule has 1 aliphatic carbocycles. The molecule has 3 heterocycles. The van der Waals surface area contributed by atoms with Crippen LogP contribution in [0.15, 0.2) is 45.3 Å². The minimum atomic E-state index is -0.298. The summed E-state index contributed by atoms with van der Waals surface area (Å²) in [6, 6.07) is 5.99. The first kappa shape index (κ1) is 16.8. The summed E-state index contributed by atoms with van der Waals surface area (Å²) in [5.74, 6) is 0.778. The lowest BCUT2D eigenvalue weighted by atomic mass is 9.89. The van der Waals surface area contributed by atoms with Gasteiger partial charge in [-0.25, -0.2) is 14.4 Å². The van der Waals surface area contributed by atoms with Gasteiger partial charge in [0, 0.05) is 15.8 Å². The van der Waals surface area contributed by atoms with Gasteiger partial charge in [-0.1, -0.05) is 6.92 Å². The van der Waals surface area contributed by atoms with Gasteiger partial charge >= 0.3 is 0 Å². The number of hydrogen-bond acceptors (Lipinski definition) is 7. The van der Waals surface area contributed by atoms with E-state index in [1.165, 1.54) is 40.8 Å². The molecule has 27 heavy (non-hydrogen) atoms. The molecule has 0 spiro atoms. The van der Waals surface area contributed by atoms with Crippen LogP contribution >= 0.6 is 23.1 Å². The van der Waals surface area contributed by atoms with Crippen LogP contribution in [0.2, 0.25) is 0 Å². The van der Waals surface area contributed by atoms with Gasteiger partial charge in [-0.3, -0.25) is 0 Å². The molecule has 1 unspecified atom stereocenters. The maximum Gasteiger partial charge on any atom is 0.283 e. The van der Waals surface area contributed by atoms with Crippen LogP contribution in [0.3, 0.4) is 0 Å². The lowest BCUT2D eigenvalue weighted by molar-refractivity contribution is 0.465. The molecule has 0 fully saturated rings. The van der Waals surface area contributed by atoms with Crippen LogP contribution in [-0.2, 0) is 12.8 Å². The second-order valence-corrected chi connectivity index (χ2v) is 8.72. The second-order valence-electron chi connectivity index (χ2n) is 6.69. The van der Waals surface area contributed by atoms with E-state index in [-0.39, 0.29) is 5.82 Å². The zero-order valence-electron chi connectivity index (χ0n) is 14.5. The molecule has 1 atom stereocenters. The van der Waals surface area contributed by atoms with Crippen molar-refractivity contribution >= 4 is 33.3 Å². The van der Waals surface area contributed by atoms with Gasteiger partial charge in [-0.15, -0.1) is 21.5 Å². The first-order chi connectivity index (χ1) is 13.2. The van der Waals surface area contributed by atoms with E-state index in [1.807, 2.05) is 0 Å². The van der Waals surface area contributed by atoms with E-state index in [1.54, 1.807) is 29.8 Å². The molecule has 1 aromatic carbocycles. The van der Waals surface area contributed by atoms with E-state index in [2.05, 4.69) is 27.1 Å². The largest absolute Gasteiger partial charge is 0.411 e. The maximum absolute atomic E-state index is 13.1. The summed E-state index contributed by atoms with van der Waals surface area (Å²) >= 11 is 3.12. The Labute approximate surface area is 163 Å². The number of rotatable bonds is 3. The molecule has 0 radical (unpaired) electrons. The molecule has 3 aromatic heterocycles. The number of hydrogen-bond donors (Lipinski definition) is 0. The van der Waals surface area contributed by atoms with Crippen molar-refractivity contribution in [3.8, 4) is 11.5 Å². The number of thiophene rings is 1. The Morgan fingerprint density at radius 3 is 2.89 bits per heavy atom. The van der Waals surface area contributed by atoms with E-state index < -0.39 is 0 Å². The van der Waals surface area contributed by atoms with E-state index in [0.29, 0.717) is 22.6 Å². The van der Waals surface area contributed by atoms with Crippen LogP contribution in [0, 0.1) is 11.7 Å². The molecule has 8 heteroatoms. The van der Waals surface area contributed by atoms with Crippen molar-refractivity contribution in [3.05, 3.63) is 46.9 Å². The van der Waals surface area contributed by atoms with Gasteiger partial charge in [0.2, 0.25) is 5.89 Å². The summed E-state index contributed by atoms with van der Waals surface area (Å²) < 4.78 is 18.9. The Kier molecular flexibility index (Phi) is 4.17. The number of fused-ring (bicyclic) bond motifs is 3. The van der Waals surface area contributed by atoms with Crippen molar-refractivity contribution in [3.63, 3.8) is 0 Å². The average Bonchev–Trinajstić information content (AvgIpc) is 3.26. The number of halogens is 1. The van der Waals surface area contributed by atoms with Gasteiger partial charge in [-0.05, 0) is 66.8 Å². The Morgan fingerprint density at radius 2 is 2.04 bits per heavy atom. The molecule has 136 valence electrons. The predicted molar refractivity (Wildman–Crippen MR) is 102 cm³/mol. The van der Waals surface area contributed by atoms with Crippen LogP contribution in [0.25, 0.3) is 21.7 Å². The minimum absolute atomic E-state index is 0.298. The highest BCUT2D eigenvalue weighted by Crippen LogP contribution is 2.42. The van der Waals surface area contributed by atoms with Crippen molar-refractivity contribution in [2.75, 3.05) is 0 Å². The summed E-state index contributed by atoms with van der Waals surface area (Å²) in [6.07, 6.45) is 4.94. The van der Waals surface area contributed by atoms with Crippen LogP contribution < -0.4 is 0 Å². The lowest BCUT2D eigenvalue weighted by Crippen LogP contribution is -2.08. The molecule has 0 bridgehead atoms. The smallest absolute Gasteiger partial charge is 0.283 e. The lowest BCUT2D eigenvalue weighted by Gasteiger charge is -2.17. The van der Waals surface area contributed by atoms with Crippen LogP contribution in [0.4, 0.5) is 4.39 Å². The molecule has 0 N–H and O–H groups in total. The van der Waals surface area contributed by atoms with Gasteiger partial charge in [0.05, 0.1) is 0 Å². The van der Waals surface area contributed by atoms with Crippen LogP contribution in [-0.4, -0.2) is 20.2 Å². The zero-order chi connectivity index (χ0) is 18.4. The molecule has 0 aliphatic heterocycles. The van der Waals surface area contributed by atoms with E-state index in [4.69, 9.17) is 4.42 Å². The third kappa shape index (κ3) is 3.12. The topological polar surface area (TPSA) is 64.7 Å². The van der Waals surface area contributed by atoms with Gasteiger partial charge in [-0.2, -0.15) is 0 Å². The molecule has 4 aromatic rings. The minimum Gasteiger partial charge on any atom is -0.411 e. The maximum atomic E-state index is 13.1. The monoisotopic (exact) mass is 398 g/mol. The molecule has 1 aliphatic rings. The summed E-state index contributed by atoms with van der Waals surface area (Å²) in [7, 11) is 0. The number of benzene rings is 1. The fraction of sp³-hybridized carbons (Fsp3) is 0.263. The first-order valence-corrected chi connectivity index (χ1v) is 10.3. The quantitative estimate of drug-likeness (QED) is 0.444. The molecule has 0 saturated carbocycles. The Bertz CT molecular complexity index is 1120. The van der Waals surface area contributed by atoms with Crippen molar-refractivity contribution < 1.29 is 8.81 Å². The van der Waals surface area contributed by atoms with Gasteiger partial charge in [0.25, 0.3) is 5.22 Å². The summed E-state index contributed by atoms with van der Waals surface area (Å²) in [6.45, 7) is 2.30. The van der Waals surface area contributed by atoms with Gasteiger partial charge in [0.15, 0.2) is 0 Å². The zero-order valence-corrected chi connectivity index (χ0v) is 16.1. The van der Waals surface area contributed by atoms with Gasteiger partial charge in [0.1, 0.15) is 22.0 Å². The molecular formula is C19H15FN4OS2. The number of aryl methyl sites for hydroxylation is 1. The average molecular weight is 398 g/mol. The highest BCUT2D eigenvalue weighted by Gasteiger charge is 2.24. The fourth-order valence-corrected chi connectivity index (χ4v) is 5.57. The Morgan fingerprint density at radius 1 is 1.19 bits per heavy atom. The first-order valence-electron chi connectivity index (χ1n) is 8.70. The SMILES string of the molecule is CC1CCc2c(sc3ncnc(Sc4nnc(-c5ccc(F)cc5)o4)c23)C1. The normalized spacial score (nSPS) is 16.6. The van der Waals surface area contributed by atoms with Crippen molar-refractivity contribution in [1.82, 2.24) is 20.2 Å². The second kappa shape index (κ2) is 6.69. The predicted octanol–water partition coefficient (Wildman–Crippen LogP) is 5.16. The van der Waals surface area contributed by atoms with Crippen molar-refractivity contribution in [2.45, 2.75) is 36.4 Å². The highest BCUT2D eigenvalue weighted by molar-refractivity contribution is 7.99. The number of aromatic nitrogens is 4. The van der Waals surface area contributed by atoms with Gasteiger partial charge < -0.3 is 4.42 Å². The van der Waals surface area contributed by atoms with Crippen LogP contribution in [0.5, 0.6) is 0 Å². The summed E-state index contributed by atoms with van der Waals surface area (Å²) in [4.78, 5) is 11.4. The Balaban J connectivity index is 1.49. The third-order valence-corrected chi connectivity index (χ3v) is 6.74. The highest BCUT2D eigenvalue weighted by atomic mass is 32.2. The van der Waals surface area contributed by atoms with Crippen LogP contribution in [0.1, 0.15) is 23.8 Å². The molecule has 0 amide bonds. The number of nitrogens with zero attached hydrogens (tertiary/aromatic N) is 4. The van der Waals surface area contributed by atoms with Crippen molar-refractivity contribution in [1.29, 1.82) is 0 Å². The molecule has 5 nitrogen and oxygen atoms in total. The van der Waals surface area contributed by atoms with E-state index in [0.717, 1.165) is 28.1 Å². The molecular weight excluding hydrogens is 383 g/mol. The third-order valence-electron chi connectivity index (χ3n) is 4.74. The van der Waals surface area contributed by atoms with Crippen molar-refractivity contribution in [2.24, 2.45) is 5.92 Å². The van der Waals surface area contributed by atoms with E-state index >= 15 is 0 Å². The fourth-order valence-electron chi connectivity index (χ4n) is 3.37. The molecule has 5 rings (SSSR count). The van der Waals surface area contributed by atoms with E-state index in [9.17, 15) is 4.39 Å². The summed E-state index contributed by atoms with van der Waals surface area (Å²) in [5.41, 5.74) is 2.06. The summed E-state index contributed by atoms with van der Waals surface area (Å²) in [5, 5.41) is 10.6. The standard InChI is InChI=1S/C19H15FN4OS2/c1-10-2-7-13-14(8-10)26-17-15(13)18(22-9-21-17)27-19-24-23-16(25-19)11-3-5-12(20)6-4-11/h3-6,9-10H,2,7-8H2,1H3.